The third-order valence-corrected chi connectivity index (χ3v) is 2.24. The summed E-state index contributed by atoms with van der Waals surface area (Å²) in [7, 11) is 0. The smallest absolute Gasteiger partial charge is 0.330 e. The van der Waals surface area contributed by atoms with Gasteiger partial charge >= 0.3 is 11.9 Å². The second-order valence-electron chi connectivity index (χ2n) is 2.97. The summed E-state index contributed by atoms with van der Waals surface area (Å²) in [4.78, 5) is 21.4. The normalized spacial score (nSPS) is 9.62. The summed E-state index contributed by atoms with van der Waals surface area (Å²) >= 11 is 4.26. The molecule has 0 aliphatic carbocycles. The monoisotopic (exact) mass is 244 g/mol. The van der Waals surface area contributed by atoms with Crippen LogP contribution in [-0.2, 0) is 19.1 Å². The van der Waals surface area contributed by atoms with E-state index in [4.69, 9.17) is 9.47 Å². The van der Waals surface area contributed by atoms with Crippen molar-refractivity contribution in [2.45, 2.75) is 18.1 Å². The molecule has 0 aromatic carbocycles. The van der Waals surface area contributed by atoms with Gasteiger partial charge in [0.15, 0.2) is 0 Å². The van der Waals surface area contributed by atoms with Crippen LogP contribution in [0.4, 0.5) is 0 Å². The molecule has 0 fully saturated rings. The minimum Gasteiger partial charge on any atom is -0.463 e. The summed E-state index contributed by atoms with van der Waals surface area (Å²) in [5.41, 5.74) is 0. The van der Waals surface area contributed by atoms with E-state index in [1.165, 1.54) is 0 Å². The van der Waals surface area contributed by atoms with Crippen molar-refractivity contribution in [1.29, 1.82) is 0 Å². The van der Waals surface area contributed by atoms with Gasteiger partial charge in [-0.1, -0.05) is 13.2 Å². The number of hydrogen-bond acceptors (Lipinski definition) is 5. The maximum absolute atomic E-state index is 10.7. The summed E-state index contributed by atoms with van der Waals surface area (Å²) in [5.74, 6) is -0.891. The molecule has 0 aliphatic heterocycles. The highest BCUT2D eigenvalue weighted by atomic mass is 32.1. The second-order valence-corrected chi connectivity index (χ2v) is 3.70. The van der Waals surface area contributed by atoms with Crippen molar-refractivity contribution in [3.05, 3.63) is 25.3 Å². The molecule has 0 amide bonds. The Labute approximate surface area is 101 Å². The third-order valence-electron chi connectivity index (χ3n) is 1.72. The average molecular weight is 244 g/mol. The fraction of sp³-hybridized carbons (Fsp3) is 0.455. The van der Waals surface area contributed by atoms with Gasteiger partial charge in [0, 0.05) is 17.4 Å². The molecule has 0 saturated carbocycles. The molecule has 0 aromatic heterocycles. The molecular formula is C11H16O4S. The Kier molecular flexibility index (Phi) is 8.34. The first-order valence-electron chi connectivity index (χ1n) is 4.86. The molecule has 0 N–H and O–H groups in total. The lowest BCUT2D eigenvalue weighted by molar-refractivity contribution is -0.138. The lowest BCUT2D eigenvalue weighted by Crippen LogP contribution is -2.12. The summed E-state index contributed by atoms with van der Waals surface area (Å²) in [5, 5.41) is 0.0234. The number of carbonyl (C=O) groups excluding carboxylic acids is 2. The lowest BCUT2D eigenvalue weighted by Gasteiger charge is -2.10. The molecule has 0 atom stereocenters. The number of ether oxygens (including phenoxy) is 2. The van der Waals surface area contributed by atoms with E-state index in [0.717, 1.165) is 12.2 Å². The maximum Gasteiger partial charge on any atom is 0.330 e. The van der Waals surface area contributed by atoms with Crippen molar-refractivity contribution in [3.63, 3.8) is 0 Å². The van der Waals surface area contributed by atoms with Gasteiger partial charge in [0.25, 0.3) is 0 Å². The van der Waals surface area contributed by atoms with Crippen LogP contribution in [0.25, 0.3) is 0 Å². The molecule has 0 saturated heterocycles. The summed E-state index contributed by atoms with van der Waals surface area (Å²) in [6.07, 6.45) is 3.43. The van der Waals surface area contributed by atoms with Crippen molar-refractivity contribution in [1.82, 2.24) is 0 Å². The topological polar surface area (TPSA) is 52.6 Å². The van der Waals surface area contributed by atoms with Gasteiger partial charge in [0.05, 0.1) is 13.2 Å². The van der Waals surface area contributed by atoms with E-state index in [9.17, 15) is 9.59 Å². The zero-order chi connectivity index (χ0) is 12.4. The van der Waals surface area contributed by atoms with Gasteiger partial charge in [0.2, 0.25) is 0 Å². The van der Waals surface area contributed by atoms with Crippen molar-refractivity contribution in [2.24, 2.45) is 0 Å². The zero-order valence-corrected chi connectivity index (χ0v) is 9.95. The van der Waals surface area contributed by atoms with Gasteiger partial charge in [-0.25, -0.2) is 9.59 Å². The van der Waals surface area contributed by atoms with Crippen LogP contribution < -0.4 is 0 Å². The first-order valence-corrected chi connectivity index (χ1v) is 5.38. The molecule has 0 bridgehead atoms. The van der Waals surface area contributed by atoms with Gasteiger partial charge in [0.1, 0.15) is 0 Å². The van der Waals surface area contributed by atoms with E-state index < -0.39 is 11.9 Å². The highest BCUT2D eigenvalue weighted by Gasteiger charge is 2.05. The molecule has 0 radical (unpaired) electrons. The maximum atomic E-state index is 10.7. The first-order chi connectivity index (χ1) is 7.60. The standard InChI is InChI=1S/C11H16O4S/c1-3-10(12)14-7-5-9(16)6-8-15-11(13)4-2/h3-4,9,16H,1-2,5-8H2. The van der Waals surface area contributed by atoms with Crippen molar-refractivity contribution in [2.75, 3.05) is 13.2 Å². The number of thiol groups is 1. The predicted octanol–water partition coefficient (Wildman–Crippen LogP) is 1.52. The molecule has 0 unspecified atom stereocenters. The Morgan fingerprint density at radius 2 is 1.44 bits per heavy atom. The number of carbonyl (C=O) groups is 2. The van der Waals surface area contributed by atoms with Crippen LogP contribution in [0.15, 0.2) is 25.3 Å². The number of esters is 2. The quantitative estimate of drug-likeness (QED) is 0.399. The Morgan fingerprint density at radius 1 is 1.06 bits per heavy atom. The van der Waals surface area contributed by atoms with E-state index in [0.29, 0.717) is 12.8 Å². The third kappa shape index (κ3) is 8.11. The number of rotatable bonds is 8. The van der Waals surface area contributed by atoms with E-state index in [2.05, 4.69) is 25.8 Å². The van der Waals surface area contributed by atoms with Gasteiger partial charge in [-0.2, -0.15) is 12.6 Å². The predicted molar refractivity (Wildman–Crippen MR) is 64.3 cm³/mol. The van der Waals surface area contributed by atoms with Crippen LogP contribution in [0, 0.1) is 0 Å². The Balaban J connectivity index is 3.47. The molecule has 0 rings (SSSR count). The molecule has 0 aromatic rings. The fourth-order valence-electron chi connectivity index (χ4n) is 0.853. The largest absolute Gasteiger partial charge is 0.463 e. The molecule has 0 aliphatic rings. The van der Waals surface area contributed by atoms with Gasteiger partial charge < -0.3 is 9.47 Å². The Hall–Kier alpha value is -1.23. The molecule has 5 heteroatoms. The zero-order valence-electron chi connectivity index (χ0n) is 9.05. The van der Waals surface area contributed by atoms with E-state index in [1.807, 2.05) is 0 Å². The van der Waals surface area contributed by atoms with Gasteiger partial charge in [-0.15, -0.1) is 0 Å². The number of hydrogen-bond donors (Lipinski definition) is 1. The van der Waals surface area contributed by atoms with Crippen molar-refractivity contribution in [3.8, 4) is 0 Å². The summed E-state index contributed by atoms with van der Waals surface area (Å²) < 4.78 is 9.56. The van der Waals surface area contributed by atoms with E-state index in [1.54, 1.807) is 0 Å². The van der Waals surface area contributed by atoms with Crippen LogP contribution in [-0.4, -0.2) is 30.4 Å². The van der Waals surface area contributed by atoms with Crippen LogP contribution in [0.3, 0.4) is 0 Å². The molecule has 0 spiro atoms. The minimum atomic E-state index is -0.446. The Morgan fingerprint density at radius 3 is 1.75 bits per heavy atom. The minimum absolute atomic E-state index is 0.0234. The first kappa shape index (κ1) is 14.8. The van der Waals surface area contributed by atoms with Crippen molar-refractivity contribution >= 4 is 24.6 Å². The molecule has 4 nitrogen and oxygen atoms in total. The lowest BCUT2D eigenvalue weighted by atomic mass is 10.2. The molecular weight excluding hydrogens is 228 g/mol. The SMILES string of the molecule is C=CC(=O)OCCC(S)CCOC(=O)C=C. The summed E-state index contributed by atoms with van der Waals surface area (Å²) in [6, 6.07) is 0. The van der Waals surface area contributed by atoms with Crippen LogP contribution in [0.5, 0.6) is 0 Å². The fourth-order valence-corrected chi connectivity index (χ4v) is 1.06. The molecule has 90 valence electrons. The molecule has 0 heterocycles. The van der Waals surface area contributed by atoms with E-state index in [-0.39, 0.29) is 18.5 Å². The average Bonchev–Trinajstić information content (AvgIpc) is 2.28. The van der Waals surface area contributed by atoms with Crippen molar-refractivity contribution < 1.29 is 19.1 Å². The van der Waals surface area contributed by atoms with Crippen LogP contribution in [0.2, 0.25) is 0 Å². The highest BCUT2D eigenvalue weighted by molar-refractivity contribution is 7.80. The second kappa shape index (κ2) is 9.03. The highest BCUT2D eigenvalue weighted by Crippen LogP contribution is 2.07. The van der Waals surface area contributed by atoms with Crippen LogP contribution in [0.1, 0.15) is 12.8 Å². The van der Waals surface area contributed by atoms with Gasteiger partial charge in [-0.3, -0.25) is 0 Å². The summed E-state index contributed by atoms with van der Waals surface area (Å²) in [6.45, 7) is 7.12. The Bertz CT molecular complexity index is 237. The van der Waals surface area contributed by atoms with Gasteiger partial charge in [-0.05, 0) is 12.8 Å². The van der Waals surface area contributed by atoms with Crippen LogP contribution >= 0.6 is 12.6 Å². The van der Waals surface area contributed by atoms with E-state index >= 15 is 0 Å². The molecule has 16 heavy (non-hydrogen) atoms.